The van der Waals surface area contributed by atoms with E-state index in [1.165, 1.54) is 17.3 Å². The minimum atomic E-state index is -0.239. The molecule has 0 aliphatic heterocycles. The minimum Gasteiger partial charge on any atom is -0.351 e. The number of thiophene rings is 1. The molecular formula is C19H22N4OS2. The Balaban J connectivity index is 1.82. The molecule has 1 aromatic carbocycles. The molecule has 0 radical (unpaired) electrons. The van der Waals surface area contributed by atoms with Crippen LogP contribution in [0.15, 0.2) is 53.0 Å². The lowest BCUT2D eigenvalue weighted by atomic mass is 10.1. The normalized spacial score (nSPS) is 11.5. The van der Waals surface area contributed by atoms with Gasteiger partial charge in [-0.2, -0.15) is 0 Å². The van der Waals surface area contributed by atoms with Crippen LogP contribution in [0.2, 0.25) is 0 Å². The molecule has 0 atom stereocenters. The Morgan fingerprint density at radius 1 is 1.15 bits per heavy atom. The molecule has 0 unspecified atom stereocenters. The van der Waals surface area contributed by atoms with Gasteiger partial charge in [0.25, 0.3) is 0 Å². The van der Waals surface area contributed by atoms with E-state index in [0.29, 0.717) is 12.3 Å². The summed E-state index contributed by atoms with van der Waals surface area (Å²) in [6.45, 7) is 6.59. The zero-order valence-electron chi connectivity index (χ0n) is 15.1. The average Bonchev–Trinajstić information content (AvgIpc) is 3.22. The maximum absolute atomic E-state index is 12.1. The molecule has 2 heterocycles. The molecule has 0 spiro atoms. The molecule has 0 saturated carbocycles. The van der Waals surface area contributed by atoms with Crippen molar-refractivity contribution in [1.29, 1.82) is 0 Å². The summed E-state index contributed by atoms with van der Waals surface area (Å²) in [5, 5.41) is 14.5. The molecule has 0 aliphatic rings. The van der Waals surface area contributed by atoms with Gasteiger partial charge in [-0.05, 0) is 37.8 Å². The van der Waals surface area contributed by atoms with E-state index in [-0.39, 0.29) is 11.4 Å². The lowest BCUT2D eigenvalue weighted by molar-refractivity contribution is -0.119. The third-order valence-electron chi connectivity index (χ3n) is 3.49. The fourth-order valence-electron chi connectivity index (χ4n) is 2.48. The Morgan fingerprint density at radius 2 is 1.92 bits per heavy atom. The van der Waals surface area contributed by atoms with Crippen LogP contribution in [0.5, 0.6) is 0 Å². The van der Waals surface area contributed by atoms with Gasteiger partial charge in [-0.3, -0.25) is 9.36 Å². The number of aromatic nitrogens is 3. The van der Waals surface area contributed by atoms with Crippen molar-refractivity contribution in [1.82, 2.24) is 20.1 Å². The fraction of sp³-hybridized carbons (Fsp3) is 0.316. The largest absolute Gasteiger partial charge is 0.351 e. The Hall–Kier alpha value is -2.12. The van der Waals surface area contributed by atoms with E-state index in [0.717, 1.165) is 15.9 Å². The van der Waals surface area contributed by atoms with E-state index in [9.17, 15) is 4.79 Å². The van der Waals surface area contributed by atoms with E-state index in [1.807, 2.05) is 56.5 Å². The Labute approximate surface area is 161 Å². The summed E-state index contributed by atoms with van der Waals surface area (Å²) in [4.78, 5) is 13.2. The molecule has 3 rings (SSSR count). The summed E-state index contributed by atoms with van der Waals surface area (Å²) >= 11 is 3.05. The lowest BCUT2D eigenvalue weighted by Crippen LogP contribution is -2.41. The number of thioether (sulfide) groups is 1. The number of amides is 1. The van der Waals surface area contributed by atoms with Crippen molar-refractivity contribution in [2.24, 2.45) is 0 Å². The Kier molecular flexibility index (Phi) is 5.78. The lowest BCUT2D eigenvalue weighted by Gasteiger charge is -2.20. The average molecular weight is 387 g/mol. The standard InChI is InChI=1S/C19H22N4OS2/c1-19(2,3)20-16(24)13-26-18-22-21-17(15-10-7-11-25-15)23(18)12-14-8-5-4-6-9-14/h4-11H,12-13H2,1-3H3,(H,20,24). The zero-order chi connectivity index (χ0) is 18.6. The third-order valence-corrected chi connectivity index (χ3v) is 5.32. The second-order valence-corrected chi connectivity index (χ2v) is 8.83. The first-order chi connectivity index (χ1) is 12.4. The second kappa shape index (κ2) is 8.05. The quantitative estimate of drug-likeness (QED) is 0.649. The van der Waals surface area contributed by atoms with Gasteiger partial charge in [0, 0.05) is 5.54 Å². The molecule has 1 N–H and O–H groups in total. The summed E-state index contributed by atoms with van der Waals surface area (Å²) < 4.78 is 2.08. The van der Waals surface area contributed by atoms with Gasteiger partial charge in [-0.1, -0.05) is 48.2 Å². The number of rotatable bonds is 6. The number of nitrogens with zero attached hydrogens (tertiary/aromatic N) is 3. The van der Waals surface area contributed by atoms with Crippen molar-refractivity contribution < 1.29 is 4.79 Å². The molecule has 26 heavy (non-hydrogen) atoms. The van der Waals surface area contributed by atoms with Crippen LogP contribution in [0.4, 0.5) is 0 Å². The smallest absolute Gasteiger partial charge is 0.230 e. The highest BCUT2D eigenvalue weighted by atomic mass is 32.2. The molecule has 5 nitrogen and oxygen atoms in total. The monoisotopic (exact) mass is 386 g/mol. The van der Waals surface area contributed by atoms with Crippen LogP contribution in [-0.2, 0) is 11.3 Å². The molecule has 0 fully saturated rings. The molecule has 7 heteroatoms. The highest BCUT2D eigenvalue weighted by Crippen LogP contribution is 2.28. The summed E-state index contributed by atoms with van der Waals surface area (Å²) in [5.74, 6) is 1.14. The number of hydrogen-bond donors (Lipinski definition) is 1. The van der Waals surface area contributed by atoms with Gasteiger partial charge >= 0.3 is 0 Å². The van der Waals surface area contributed by atoms with Crippen molar-refractivity contribution in [2.75, 3.05) is 5.75 Å². The van der Waals surface area contributed by atoms with E-state index in [2.05, 4.69) is 32.2 Å². The second-order valence-electron chi connectivity index (χ2n) is 6.94. The van der Waals surface area contributed by atoms with Gasteiger partial charge < -0.3 is 5.32 Å². The van der Waals surface area contributed by atoms with Crippen LogP contribution in [-0.4, -0.2) is 32.0 Å². The molecular weight excluding hydrogens is 364 g/mol. The Morgan fingerprint density at radius 3 is 2.58 bits per heavy atom. The number of hydrogen-bond acceptors (Lipinski definition) is 5. The predicted octanol–water partition coefficient (Wildman–Crippen LogP) is 4.06. The number of benzene rings is 1. The summed E-state index contributed by atoms with van der Waals surface area (Å²) in [7, 11) is 0. The van der Waals surface area contributed by atoms with Crippen LogP contribution >= 0.6 is 23.1 Å². The SMILES string of the molecule is CC(C)(C)NC(=O)CSc1nnc(-c2cccs2)n1Cc1ccccc1. The molecule has 2 aromatic heterocycles. The van der Waals surface area contributed by atoms with Crippen molar-refractivity contribution in [3.05, 3.63) is 53.4 Å². The Bertz CT molecular complexity index is 852. The maximum atomic E-state index is 12.1. The minimum absolute atomic E-state index is 0.00515. The van der Waals surface area contributed by atoms with Gasteiger partial charge in [0.2, 0.25) is 5.91 Å². The first-order valence-corrected chi connectivity index (χ1v) is 10.2. The van der Waals surface area contributed by atoms with Crippen LogP contribution in [0, 0.1) is 0 Å². The van der Waals surface area contributed by atoms with Crippen molar-refractivity contribution in [3.63, 3.8) is 0 Å². The first kappa shape index (κ1) is 18.7. The fourth-order valence-corrected chi connectivity index (χ4v) is 3.93. The van der Waals surface area contributed by atoms with Gasteiger partial charge in [0.15, 0.2) is 11.0 Å². The topological polar surface area (TPSA) is 59.8 Å². The van der Waals surface area contributed by atoms with Gasteiger partial charge in [-0.25, -0.2) is 0 Å². The van der Waals surface area contributed by atoms with Crippen molar-refractivity contribution in [3.8, 4) is 10.7 Å². The first-order valence-electron chi connectivity index (χ1n) is 8.37. The molecule has 0 saturated heterocycles. The summed E-state index contributed by atoms with van der Waals surface area (Å²) in [6, 6.07) is 14.3. The van der Waals surface area contributed by atoms with Gasteiger partial charge in [0.05, 0.1) is 17.2 Å². The highest BCUT2D eigenvalue weighted by Gasteiger charge is 2.18. The van der Waals surface area contributed by atoms with Crippen LogP contribution in [0.3, 0.4) is 0 Å². The zero-order valence-corrected chi connectivity index (χ0v) is 16.7. The van der Waals surface area contributed by atoms with E-state index >= 15 is 0 Å². The molecule has 1 amide bonds. The van der Waals surface area contributed by atoms with Crippen LogP contribution in [0.25, 0.3) is 10.7 Å². The van der Waals surface area contributed by atoms with Crippen molar-refractivity contribution >= 4 is 29.0 Å². The van der Waals surface area contributed by atoms with Crippen LogP contribution in [0.1, 0.15) is 26.3 Å². The maximum Gasteiger partial charge on any atom is 0.230 e. The summed E-state index contributed by atoms with van der Waals surface area (Å²) in [6.07, 6.45) is 0. The molecule has 0 bridgehead atoms. The van der Waals surface area contributed by atoms with Gasteiger partial charge in [0.1, 0.15) is 0 Å². The highest BCUT2D eigenvalue weighted by molar-refractivity contribution is 7.99. The molecule has 3 aromatic rings. The molecule has 136 valence electrons. The third kappa shape index (κ3) is 4.95. The predicted molar refractivity (Wildman–Crippen MR) is 107 cm³/mol. The van der Waals surface area contributed by atoms with E-state index in [1.54, 1.807) is 11.3 Å². The number of nitrogens with one attached hydrogen (secondary N) is 1. The van der Waals surface area contributed by atoms with E-state index < -0.39 is 0 Å². The van der Waals surface area contributed by atoms with Crippen LogP contribution < -0.4 is 5.32 Å². The number of carbonyl (C=O) groups excluding carboxylic acids is 1. The molecule has 0 aliphatic carbocycles. The van der Waals surface area contributed by atoms with E-state index in [4.69, 9.17) is 0 Å². The van der Waals surface area contributed by atoms with Crippen molar-refractivity contribution in [2.45, 2.75) is 38.0 Å². The van der Waals surface area contributed by atoms with Gasteiger partial charge in [-0.15, -0.1) is 21.5 Å². The summed E-state index contributed by atoms with van der Waals surface area (Å²) in [5.41, 5.74) is 0.934. The number of carbonyl (C=O) groups is 1.